The molecule has 19 nitrogen and oxygen atoms in total. The molecule has 25 heteroatoms. The van der Waals surface area contributed by atoms with Crippen molar-refractivity contribution < 1.29 is 191 Å². The van der Waals surface area contributed by atoms with Crippen LogP contribution in [0.2, 0.25) is 0 Å². The fourth-order valence-electron chi connectivity index (χ4n) is 17.4. The molecule has 0 aliphatic rings. The van der Waals surface area contributed by atoms with Gasteiger partial charge in [0.1, 0.15) is 39.6 Å². The van der Waals surface area contributed by atoms with Gasteiger partial charge in [-0.05, 0) is 77.0 Å². The van der Waals surface area contributed by atoms with E-state index < -0.39 is 46.6 Å². The van der Waals surface area contributed by atoms with Gasteiger partial charge in [0.25, 0.3) is 0 Å². The van der Waals surface area contributed by atoms with E-state index in [0.717, 1.165) is 155 Å². The summed E-state index contributed by atoms with van der Waals surface area (Å²) in [5.41, 5.74) is -2.98. The van der Waals surface area contributed by atoms with Crippen molar-refractivity contribution >= 4 is 35.8 Å². The van der Waals surface area contributed by atoms with Crippen LogP contribution in [0.15, 0.2) is 0 Å². The number of esters is 6. The van der Waals surface area contributed by atoms with Gasteiger partial charge < -0.3 is 162 Å². The third kappa shape index (κ3) is 91.6. The fourth-order valence-corrected chi connectivity index (χ4v) is 17.4. The largest absolute Gasteiger partial charge is 1.00 e. The average Bonchev–Trinajstić information content (AvgIpc) is 0.827. The minimum absolute atomic E-state index is 0. The number of carbonyl (C=O) groups excluding carboxylic acids is 6. The van der Waals surface area contributed by atoms with Crippen LogP contribution in [0.3, 0.4) is 0 Å². The summed E-state index contributed by atoms with van der Waals surface area (Å²) in [7, 11) is 24.7. The summed E-state index contributed by atoms with van der Waals surface area (Å²) in [5.74, 6) is -2.72. The van der Waals surface area contributed by atoms with Crippen molar-refractivity contribution in [1.82, 2.24) is 0 Å². The number of rotatable bonds is 94. The number of likely N-dealkylation sites (N-methyl/N-ethyl adjacent to an activating group) is 6. The predicted molar refractivity (Wildman–Crippen MR) is 524 cm³/mol. The standard InChI is InChI=1S/C106H214N6O13.6BrH/c1-19-25-31-37-43-49-55-61-67-73-79-107(7,8)85-99(113)120-93-105(94-121-100(114)86-108(9,10)80-74-68-62-56-50-44-38-32-26-20-2,95-122-101(115)87-109(11,12)81-75-69-63-57-51-45-39-33-27-21-3)91-119-92-106(96-123-102(116)88-110(13,14)82-76-70-64-58-52-46-40-34-28-22-4,97-124-103(117)89-111(15,16)83-77-71-65-59-53-47-41-35-29-23-5)98-125-104(118)90-112(17,18)84-78-72-66-60-54-48-42-36-30-24-6;;;;;;/h19-98H2,1-18H3;6*1H/q+6;;;;;;/p-6. The predicted octanol–water partition coefficient (Wildman–Crippen LogP) is 6.24. The summed E-state index contributed by atoms with van der Waals surface area (Å²) in [5, 5.41) is 0. The molecule has 0 N–H and O–H groups in total. The average molecular weight is 2260 g/mol. The maximum absolute atomic E-state index is 14.7. The summed E-state index contributed by atoms with van der Waals surface area (Å²) < 4.78 is 48.3. The third-order valence-corrected chi connectivity index (χ3v) is 26.1. The Bertz CT molecular complexity index is 2180. The summed E-state index contributed by atoms with van der Waals surface area (Å²) in [6.45, 7) is 16.0. The molecule has 0 rings (SSSR count). The van der Waals surface area contributed by atoms with Gasteiger partial charge >= 0.3 is 35.8 Å². The van der Waals surface area contributed by atoms with E-state index in [1.165, 1.54) is 270 Å². The molecule has 0 bridgehead atoms. The highest BCUT2D eigenvalue weighted by atomic mass is 79.9. The Morgan fingerprint density at radius 2 is 0.260 bits per heavy atom. The molecule has 0 fully saturated rings. The Kier molecular flexibility index (Phi) is 101. The minimum atomic E-state index is -1.49. The van der Waals surface area contributed by atoms with Crippen LogP contribution in [0.4, 0.5) is 0 Å². The van der Waals surface area contributed by atoms with E-state index >= 15 is 0 Å². The molecule has 0 saturated heterocycles. The molecule has 0 aliphatic carbocycles. The lowest BCUT2D eigenvalue weighted by molar-refractivity contribution is -0.883. The Morgan fingerprint density at radius 3 is 0.366 bits per heavy atom. The van der Waals surface area contributed by atoms with E-state index in [1.54, 1.807) is 0 Å². The highest BCUT2D eigenvalue weighted by molar-refractivity contribution is 5.73. The van der Waals surface area contributed by atoms with Gasteiger partial charge in [-0.2, -0.15) is 0 Å². The Balaban J connectivity index is -0.00000513. The second kappa shape index (κ2) is 91.9. The maximum Gasteiger partial charge on any atom is 0.361 e. The first-order valence-corrected chi connectivity index (χ1v) is 53.1. The SMILES string of the molecule is CCCCCCCCCCCC[N+](C)(C)CC(=O)OCC(COCC(COC(=O)C[N+](C)(C)CCCCCCCCCCCC)(COC(=O)C[N+](C)(C)CCCCCCCCCCCC)COC(=O)C[N+](C)(C)CCCCCCCCCCCC)(COC(=O)C[N+](C)(C)CCCCCCCCCCCC)COC(=O)C[N+](C)(C)CCCCCCCCCCCC.[Br-].[Br-].[Br-].[Br-].[Br-].[Br-]. The van der Waals surface area contributed by atoms with E-state index in [2.05, 4.69) is 126 Å². The molecule has 0 aliphatic heterocycles. The number of hydrogen-bond acceptors (Lipinski definition) is 13. The zero-order chi connectivity index (χ0) is 93.0. The third-order valence-electron chi connectivity index (χ3n) is 26.1. The molecule has 0 aromatic carbocycles. The van der Waals surface area contributed by atoms with E-state index in [0.29, 0.717) is 26.9 Å². The molecule has 0 spiro atoms. The van der Waals surface area contributed by atoms with Crippen LogP contribution in [0, 0.1) is 10.8 Å². The summed E-state index contributed by atoms with van der Waals surface area (Å²) in [6.07, 6.45) is 72.5. The van der Waals surface area contributed by atoms with Crippen molar-refractivity contribution in [3.63, 3.8) is 0 Å². The number of nitrogens with zero attached hydrogens (tertiary/aromatic N) is 6. The number of halogens is 6. The second-order valence-corrected chi connectivity index (χ2v) is 43.5. The van der Waals surface area contributed by atoms with Crippen LogP contribution in [-0.2, 0) is 61.9 Å². The van der Waals surface area contributed by atoms with Crippen LogP contribution < -0.4 is 102 Å². The zero-order valence-corrected chi connectivity index (χ0v) is 98.3. The molecule has 0 amide bonds. The lowest BCUT2D eigenvalue weighted by Crippen LogP contribution is -3.00. The van der Waals surface area contributed by atoms with E-state index in [-0.39, 0.29) is 194 Å². The van der Waals surface area contributed by atoms with Gasteiger partial charge in [-0.15, -0.1) is 0 Å². The molecular formula is C106H214Br6N6O13. The van der Waals surface area contributed by atoms with Crippen LogP contribution in [0.25, 0.3) is 0 Å². The highest BCUT2D eigenvalue weighted by Crippen LogP contribution is 2.29. The van der Waals surface area contributed by atoms with Crippen LogP contribution >= 0.6 is 0 Å². The summed E-state index contributed by atoms with van der Waals surface area (Å²) >= 11 is 0. The molecule has 0 saturated carbocycles. The van der Waals surface area contributed by atoms with Crippen molar-refractivity contribution in [3.8, 4) is 0 Å². The summed E-state index contributed by atoms with van der Waals surface area (Å²) in [6, 6.07) is 0. The van der Waals surface area contributed by atoms with Gasteiger partial charge in [0, 0.05) is 0 Å². The number of unbranched alkanes of at least 4 members (excludes halogenated alkanes) is 54. The normalized spacial score (nSPS) is 12.0. The highest BCUT2D eigenvalue weighted by Gasteiger charge is 2.43. The molecule has 131 heavy (non-hydrogen) atoms. The van der Waals surface area contributed by atoms with Crippen LogP contribution in [-0.4, -0.2) is 279 Å². The smallest absolute Gasteiger partial charge is 0.361 e. The number of ether oxygens (including phenoxy) is 7. The molecule has 788 valence electrons. The quantitative estimate of drug-likeness (QED) is 0.0291. The lowest BCUT2D eigenvalue weighted by atomic mass is 9.90. The van der Waals surface area contributed by atoms with Crippen molar-refractivity contribution in [2.45, 2.75) is 427 Å². The Hall–Kier alpha value is -0.580. The van der Waals surface area contributed by atoms with Gasteiger partial charge in [0.2, 0.25) is 0 Å². The number of carbonyl (C=O) groups is 6. The van der Waals surface area contributed by atoms with Crippen molar-refractivity contribution in [2.75, 3.05) is 216 Å². The van der Waals surface area contributed by atoms with Gasteiger partial charge in [0.15, 0.2) is 39.3 Å². The Labute approximate surface area is 873 Å². The summed E-state index contributed by atoms with van der Waals surface area (Å²) in [4.78, 5) is 88.1. The molecule has 0 unspecified atom stereocenters. The monoisotopic (exact) mass is 2250 g/mol. The topological polar surface area (TPSA) is 167 Å². The van der Waals surface area contributed by atoms with Crippen LogP contribution in [0.1, 0.15) is 427 Å². The fraction of sp³-hybridized carbons (Fsp3) is 0.943. The molecule has 0 aromatic rings. The van der Waals surface area contributed by atoms with Crippen molar-refractivity contribution in [1.29, 1.82) is 0 Å². The number of hydrogen-bond donors (Lipinski definition) is 0. The van der Waals surface area contributed by atoms with Crippen molar-refractivity contribution in [2.24, 2.45) is 10.8 Å². The van der Waals surface area contributed by atoms with E-state index in [4.69, 9.17) is 33.2 Å². The first-order valence-electron chi connectivity index (χ1n) is 53.1. The first kappa shape index (κ1) is 143. The maximum atomic E-state index is 14.7. The van der Waals surface area contributed by atoms with Gasteiger partial charge in [-0.1, -0.05) is 350 Å². The number of quaternary nitrogens is 6. The van der Waals surface area contributed by atoms with Gasteiger partial charge in [0.05, 0.1) is 148 Å². The molecular weight excluding hydrogens is 2040 g/mol. The van der Waals surface area contributed by atoms with E-state index in [1.807, 2.05) is 0 Å². The lowest BCUT2D eigenvalue weighted by Gasteiger charge is -2.37. The molecule has 0 aromatic heterocycles. The molecule has 0 atom stereocenters. The molecule has 0 radical (unpaired) electrons. The van der Waals surface area contributed by atoms with Crippen molar-refractivity contribution in [3.05, 3.63) is 0 Å². The second-order valence-electron chi connectivity index (χ2n) is 43.5. The van der Waals surface area contributed by atoms with Crippen LogP contribution in [0.5, 0.6) is 0 Å². The minimum Gasteiger partial charge on any atom is -1.00 e. The Morgan fingerprint density at radius 1 is 0.160 bits per heavy atom. The zero-order valence-electron chi connectivity index (χ0n) is 88.8. The van der Waals surface area contributed by atoms with Gasteiger partial charge in [-0.3, -0.25) is 0 Å². The van der Waals surface area contributed by atoms with E-state index in [9.17, 15) is 28.8 Å². The molecule has 0 heterocycles. The first-order chi connectivity index (χ1) is 59.7. The van der Waals surface area contributed by atoms with Gasteiger partial charge in [-0.25, -0.2) is 28.8 Å².